The van der Waals surface area contributed by atoms with Crippen LogP contribution in [-0.2, 0) is 11.3 Å². The number of hydrogen-bond acceptors (Lipinski definition) is 2. The summed E-state index contributed by atoms with van der Waals surface area (Å²) in [6.45, 7) is 9.65. The van der Waals surface area contributed by atoms with Gasteiger partial charge in [0.1, 0.15) is 5.82 Å². The molecule has 0 heterocycles. The topological polar surface area (TPSA) is 65.5 Å². The molecule has 0 aliphatic carbocycles. The molecule has 5 nitrogen and oxygen atoms in total. The van der Waals surface area contributed by atoms with Crippen molar-refractivity contribution in [3.63, 3.8) is 0 Å². The van der Waals surface area contributed by atoms with Crippen molar-refractivity contribution in [2.75, 3.05) is 19.6 Å². The van der Waals surface area contributed by atoms with E-state index in [1.165, 1.54) is 6.07 Å². The highest BCUT2D eigenvalue weighted by atomic mass is 19.1. The Morgan fingerprint density at radius 1 is 1.22 bits per heavy atom. The van der Waals surface area contributed by atoms with Crippen LogP contribution in [0.1, 0.15) is 31.9 Å². The zero-order valence-corrected chi connectivity index (χ0v) is 14.4. The number of aliphatic imine (C=N–C) groups is 1. The van der Waals surface area contributed by atoms with E-state index in [0.29, 0.717) is 31.2 Å². The molecular weight excluding hydrogens is 295 g/mol. The maximum absolute atomic E-state index is 13.5. The molecule has 23 heavy (non-hydrogen) atoms. The summed E-state index contributed by atoms with van der Waals surface area (Å²) in [7, 11) is 0. The van der Waals surface area contributed by atoms with Gasteiger partial charge >= 0.3 is 0 Å². The van der Waals surface area contributed by atoms with Crippen molar-refractivity contribution in [2.24, 2.45) is 10.9 Å². The lowest BCUT2D eigenvalue weighted by molar-refractivity contribution is -0.123. The number of guanidine groups is 1. The molecule has 0 saturated carbocycles. The molecule has 1 amide bonds. The van der Waals surface area contributed by atoms with Crippen molar-refractivity contribution < 1.29 is 9.18 Å². The lowest BCUT2D eigenvalue weighted by atomic mass is 10.1. The minimum atomic E-state index is -0.216. The first-order valence-electron chi connectivity index (χ1n) is 7.99. The Bertz CT molecular complexity index is 543. The second-order valence-corrected chi connectivity index (χ2v) is 5.65. The average molecular weight is 322 g/mol. The van der Waals surface area contributed by atoms with Gasteiger partial charge in [0.15, 0.2) is 5.96 Å². The number of amides is 1. The molecule has 0 radical (unpaired) electrons. The van der Waals surface area contributed by atoms with Crippen molar-refractivity contribution in [3.8, 4) is 0 Å². The van der Waals surface area contributed by atoms with Crippen LogP contribution in [0.3, 0.4) is 0 Å². The van der Waals surface area contributed by atoms with Gasteiger partial charge in [-0.25, -0.2) is 9.38 Å². The number of halogens is 1. The molecule has 0 saturated heterocycles. The molecule has 0 atom stereocenters. The lowest BCUT2D eigenvalue weighted by Crippen LogP contribution is -2.42. The number of rotatable bonds is 7. The molecule has 0 bridgehead atoms. The van der Waals surface area contributed by atoms with E-state index in [9.17, 15) is 9.18 Å². The molecule has 128 valence electrons. The van der Waals surface area contributed by atoms with Gasteiger partial charge in [-0.3, -0.25) is 4.79 Å². The normalized spacial score (nSPS) is 11.5. The second-order valence-electron chi connectivity index (χ2n) is 5.65. The second kappa shape index (κ2) is 9.82. The third-order valence-corrected chi connectivity index (χ3v) is 3.24. The van der Waals surface area contributed by atoms with Crippen molar-refractivity contribution in [1.29, 1.82) is 0 Å². The molecule has 0 aromatic heterocycles. The van der Waals surface area contributed by atoms with E-state index < -0.39 is 0 Å². The molecule has 0 aliphatic heterocycles. The number of aryl methyl sites for hydroxylation is 1. The highest BCUT2D eigenvalue weighted by molar-refractivity contribution is 5.80. The summed E-state index contributed by atoms with van der Waals surface area (Å²) in [5.41, 5.74) is 1.45. The third kappa shape index (κ3) is 7.13. The van der Waals surface area contributed by atoms with Crippen LogP contribution in [-0.4, -0.2) is 31.5 Å². The summed E-state index contributed by atoms with van der Waals surface area (Å²) < 4.78 is 13.5. The third-order valence-electron chi connectivity index (χ3n) is 3.24. The van der Waals surface area contributed by atoms with Crippen molar-refractivity contribution in [1.82, 2.24) is 16.0 Å². The van der Waals surface area contributed by atoms with Crippen LogP contribution >= 0.6 is 0 Å². The number of carbonyl (C=O) groups is 1. The largest absolute Gasteiger partial charge is 0.357 e. The molecule has 0 aliphatic rings. The molecule has 0 fully saturated rings. The van der Waals surface area contributed by atoms with E-state index in [4.69, 9.17) is 0 Å². The monoisotopic (exact) mass is 322 g/mol. The highest BCUT2D eigenvalue weighted by Gasteiger charge is 2.05. The van der Waals surface area contributed by atoms with Gasteiger partial charge in [-0.15, -0.1) is 0 Å². The molecule has 0 spiro atoms. The van der Waals surface area contributed by atoms with Gasteiger partial charge in [-0.05, 0) is 31.0 Å². The van der Waals surface area contributed by atoms with Gasteiger partial charge in [-0.2, -0.15) is 0 Å². The van der Waals surface area contributed by atoms with E-state index >= 15 is 0 Å². The summed E-state index contributed by atoms with van der Waals surface area (Å²) >= 11 is 0. The smallest absolute Gasteiger partial charge is 0.222 e. The van der Waals surface area contributed by atoms with E-state index in [1.807, 2.05) is 26.8 Å². The van der Waals surface area contributed by atoms with Gasteiger partial charge in [0, 0.05) is 25.6 Å². The molecule has 1 aromatic carbocycles. The first-order valence-corrected chi connectivity index (χ1v) is 7.99. The number of benzene rings is 1. The van der Waals surface area contributed by atoms with Crippen LogP contribution in [0.5, 0.6) is 0 Å². The number of nitrogens with zero attached hydrogens (tertiary/aromatic N) is 1. The SMILES string of the molecule is CCNC(=NCc1ccc(C)c(F)c1)NCCNC(=O)C(C)C. The van der Waals surface area contributed by atoms with Crippen LogP contribution in [0.25, 0.3) is 0 Å². The fourth-order valence-corrected chi connectivity index (χ4v) is 1.82. The number of nitrogens with one attached hydrogen (secondary N) is 3. The van der Waals surface area contributed by atoms with E-state index in [1.54, 1.807) is 13.0 Å². The summed E-state index contributed by atoms with van der Waals surface area (Å²) in [6.07, 6.45) is 0. The molecule has 1 rings (SSSR count). The molecule has 0 unspecified atom stereocenters. The maximum Gasteiger partial charge on any atom is 0.222 e. The van der Waals surface area contributed by atoms with Crippen molar-refractivity contribution >= 4 is 11.9 Å². The van der Waals surface area contributed by atoms with Crippen molar-refractivity contribution in [3.05, 3.63) is 35.1 Å². The Morgan fingerprint density at radius 3 is 2.52 bits per heavy atom. The van der Waals surface area contributed by atoms with Crippen LogP contribution in [0.15, 0.2) is 23.2 Å². The number of carbonyl (C=O) groups excluding carboxylic acids is 1. The first-order chi connectivity index (χ1) is 10.9. The zero-order chi connectivity index (χ0) is 17.2. The molecule has 3 N–H and O–H groups in total. The molecular formula is C17H27FN4O. The molecule has 6 heteroatoms. The minimum absolute atomic E-state index is 0.0201. The fraction of sp³-hybridized carbons (Fsp3) is 0.529. The summed E-state index contributed by atoms with van der Waals surface area (Å²) in [6, 6.07) is 5.13. The fourth-order valence-electron chi connectivity index (χ4n) is 1.82. The Balaban J connectivity index is 2.49. The van der Waals surface area contributed by atoms with Gasteiger partial charge in [0.05, 0.1) is 6.54 Å². The minimum Gasteiger partial charge on any atom is -0.357 e. The van der Waals surface area contributed by atoms with Crippen LogP contribution < -0.4 is 16.0 Å². The zero-order valence-electron chi connectivity index (χ0n) is 14.4. The Hall–Kier alpha value is -2.11. The van der Waals surface area contributed by atoms with E-state index in [-0.39, 0.29) is 17.6 Å². The number of hydrogen-bond donors (Lipinski definition) is 3. The lowest BCUT2D eigenvalue weighted by Gasteiger charge is -2.12. The summed E-state index contributed by atoms with van der Waals surface area (Å²) in [4.78, 5) is 15.9. The molecule has 1 aromatic rings. The summed E-state index contributed by atoms with van der Waals surface area (Å²) in [5, 5.41) is 9.10. The van der Waals surface area contributed by atoms with Crippen LogP contribution in [0.4, 0.5) is 4.39 Å². The Morgan fingerprint density at radius 2 is 1.91 bits per heavy atom. The summed E-state index contributed by atoms with van der Waals surface area (Å²) in [5.74, 6) is 0.441. The standard InChI is InChI=1S/C17H27FN4O/c1-5-19-17(21-9-8-20-16(23)12(2)3)22-11-14-7-6-13(4)15(18)10-14/h6-7,10,12H,5,8-9,11H2,1-4H3,(H,20,23)(H2,19,21,22). The Kier molecular flexibility index (Phi) is 8.08. The Labute approximate surface area is 137 Å². The van der Waals surface area contributed by atoms with Crippen LogP contribution in [0, 0.1) is 18.7 Å². The van der Waals surface area contributed by atoms with E-state index in [0.717, 1.165) is 12.1 Å². The maximum atomic E-state index is 13.5. The quantitative estimate of drug-likeness (QED) is 0.408. The van der Waals surface area contributed by atoms with Gasteiger partial charge in [0.25, 0.3) is 0 Å². The van der Waals surface area contributed by atoms with Gasteiger partial charge in [0.2, 0.25) is 5.91 Å². The van der Waals surface area contributed by atoms with Gasteiger partial charge in [-0.1, -0.05) is 26.0 Å². The first kappa shape index (κ1) is 18.9. The van der Waals surface area contributed by atoms with Gasteiger partial charge < -0.3 is 16.0 Å². The van der Waals surface area contributed by atoms with Crippen molar-refractivity contribution in [2.45, 2.75) is 34.2 Å². The highest BCUT2D eigenvalue weighted by Crippen LogP contribution is 2.09. The average Bonchev–Trinajstić information content (AvgIpc) is 2.51. The van der Waals surface area contributed by atoms with Crippen LogP contribution in [0.2, 0.25) is 0 Å². The predicted molar refractivity (Wildman–Crippen MR) is 91.8 cm³/mol. The van der Waals surface area contributed by atoms with E-state index in [2.05, 4.69) is 20.9 Å². The predicted octanol–water partition coefficient (Wildman–Crippen LogP) is 1.96.